The van der Waals surface area contributed by atoms with Gasteiger partial charge in [0.25, 0.3) is 5.91 Å². The first-order chi connectivity index (χ1) is 14.4. The van der Waals surface area contributed by atoms with Crippen LogP contribution in [0, 0.1) is 18.8 Å². The monoisotopic (exact) mass is 430 g/mol. The molecule has 2 unspecified atom stereocenters. The fourth-order valence-corrected chi connectivity index (χ4v) is 5.66. The molecule has 1 amide bonds. The number of hydrogen-bond acceptors (Lipinski definition) is 3. The maximum absolute atomic E-state index is 12.6. The van der Waals surface area contributed by atoms with Crippen LogP contribution in [-0.2, 0) is 0 Å². The summed E-state index contributed by atoms with van der Waals surface area (Å²) in [6.45, 7) is 8.36. The summed E-state index contributed by atoms with van der Waals surface area (Å²) in [5.74, 6) is 1.79. The van der Waals surface area contributed by atoms with Crippen molar-refractivity contribution in [1.82, 2.24) is 10.2 Å². The molecule has 1 aromatic rings. The van der Waals surface area contributed by atoms with Gasteiger partial charge in [0, 0.05) is 35.6 Å². The van der Waals surface area contributed by atoms with Gasteiger partial charge in [-0.3, -0.25) is 4.79 Å². The van der Waals surface area contributed by atoms with Gasteiger partial charge in [0.1, 0.15) is 0 Å². The predicted octanol–water partition coefficient (Wildman–Crippen LogP) is 6.25. The SMILES string of the molecule is CC(C)NC1CCCCC1.Cc1ccc(C(=O)N2CCC3CCCCC3C2)cc1S. The number of amides is 1. The quantitative estimate of drug-likeness (QED) is 0.555. The summed E-state index contributed by atoms with van der Waals surface area (Å²) in [6, 6.07) is 7.33. The molecule has 1 saturated heterocycles. The van der Waals surface area contributed by atoms with E-state index in [0.717, 1.165) is 47.0 Å². The Hall–Kier alpha value is -1.00. The summed E-state index contributed by atoms with van der Waals surface area (Å²) >= 11 is 4.43. The average Bonchev–Trinajstić information content (AvgIpc) is 2.75. The zero-order chi connectivity index (χ0) is 21.5. The number of likely N-dealkylation sites (tertiary alicyclic amines) is 1. The third-order valence-corrected chi connectivity index (χ3v) is 7.69. The predicted molar refractivity (Wildman–Crippen MR) is 130 cm³/mol. The van der Waals surface area contributed by atoms with Crippen LogP contribution >= 0.6 is 12.6 Å². The van der Waals surface area contributed by atoms with E-state index < -0.39 is 0 Å². The number of carbonyl (C=O) groups is 1. The van der Waals surface area contributed by atoms with Gasteiger partial charge in [-0.25, -0.2) is 0 Å². The molecule has 2 atom stereocenters. The zero-order valence-corrected chi connectivity index (χ0v) is 20.2. The number of aryl methyl sites for hydroxylation is 1. The van der Waals surface area contributed by atoms with E-state index in [1.807, 2.05) is 25.1 Å². The molecule has 0 aromatic heterocycles. The van der Waals surface area contributed by atoms with Crippen LogP contribution in [0.3, 0.4) is 0 Å². The van der Waals surface area contributed by atoms with Gasteiger partial charge in [-0.15, -0.1) is 12.6 Å². The molecule has 1 aromatic carbocycles. The summed E-state index contributed by atoms with van der Waals surface area (Å²) < 4.78 is 0. The number of nitrogens with one attached hydrogen (secondary N) is 1. The van der Waals surface area contributed by atoms with Crippen LogP contribution in [-0.4, -0.2) is 36.0 Å². The Morgan fingerprint density at radius 1 is 1.00 bits per heavy atom. The lowest BCUT2D eigenvalue weighted by Crippen LogP contribution is -2.44. The molecule has 3 nitrogen and oxygen atoms in total. The van der Waals surface area contributed by atoms with Crippen molar-refractivity contribution in [2.24, 2.45) is 11.8 Å². The van der Waals surface area contributed by atoms with E-state index in [4.69, 9.17) is 0 Å². The Kier molecular flexibility index (Phi) is 9.13. The van der Waals surface area contributed by atoms with Crippen LogP contribution in [0.2, 0.25) is 0 Å². The molecule has 1 aliphatic heterocycles. The van der Waals surface area contributed by atoms with E-state index in [-0.39, 0.29) is 5.91 Å². The first-order valence-corrected chi connectivity index (χ1v) is 12.7. The number of carbonyl (C=O) groups excluding carboxylic acids is 1. The van der Waals surface area contributed by atoms with Crippen molar-refractivity contribution in [2.75, 3.05) is 13.1 Å². The lowest BCUT2D eigenvalue weighted by Gasteiger charge is -2.41. The lowest BCUT2D eigenvalue weighted by molar-refractivity contribution is 0.0520. The zero-order valence-electron chi connectivity index (χ0n) is 19.3. The van der Waals surface area contributed by atoms with E-state index in [2.05, 4.69) is 36.7 Å². The number of rotatable bonds is 3. The topological polar surface area (TPSA) is 32.3 Å². The molecular weight excluding hydrogens is 388 g/mol. The summed E-state index contributed by atoms with van der Waals surface area (Å²) in [4.78, 5) is 15.6. The van der Waals surface area contributed by atoms with Gasteiger partial charge in [-0.05, 0) is 62.1 Å². The van der Waals surface area contributed by atoms with Crippen molar-refractivity contribution in [1.29, 1.82) is 0 Å². The van der Waals surface area contributed by atoms with E-state index >= 15 is 0 Å². The van der Waals surface area contributed by atoms with Gasteiger partial charge in [0.05, 0.1) is 0 Å². The Labute approximate surface area is 189 Å². The van der Waals surface area contributed by atoms with Crippen molar-refractivity contribution in [3.63, 3.8) is 0 Å². The fourth-order valence-electron chi connectivity index (χ4n) is 5.45. The van der Waals surface area contributed by atoms with Gasteiger partial charge < -0.3 is 10.2 Å². The maximum Gasteiger partial charge on any atom is 0.253 e. The molecule has 1 heterocycles. The van der Waals surface area contributed by atoms with Gasteiger partial charge in [0.2, 0.25) is 0 Å². The summed E-state index contributed by atoms with van der Waals surface area (Å²) in [5.41, 5.74) is 1.91. The fraction of sp³-hybridized carbons (Fsp3) is 0.731. The average molecular weight is 431 g/mol. The highest BCUT2D eigenvalue weighted by Crippen LogP contribution is 2.36. The minimum absolute atomic E-state index is 0.185. The highest BCUT2D eigenvalue weighted by molar-refractivity contribution is 7.80. The molecule has 3 fully saturated rings. The number of thiol groups is 1. The highest BCUT2D eigenvalue weighted by atomic mass is 32.1. The number of benzene rings is 1. The van der Waals surface area contributed by atoms with Crippen molar-refractivity contribution >= 4 is 18.5 Å². The first kappa shape index (κ1) is 23.7. The summed E-state index contributed by atoms with van der Waals surface area (Å²) in [7, 11) is 0. The molecule has 0 radical (unpaired) electrons. The van der Waals surface area contributed by atoms with Crippen LogP contribution in [0.4, 0.5) is 0 Å². The Balaban J connectivity index is 0.000000216. The van der Waals surface area contributed by atoms with Crippen molar-refractivity contribution < 1.29 is 4.79 Å². The van der Waals surface area contributed by atoms with E-state index in [1.165, 1.54) is 64.2 Å². The van der Waals surface area contributed by atoms with Gasteiger partial charge >= 0.3 is 0 Å². The lowest BCUT2D eigenvalue weighted by atomic mass is 9.75. The van der Waals surface area contributed by atoms with Crippen LogP contribution in [0.1, 0.15) is 94.0 Å². The second-order valence-electron chi connectivity index (χ2n) is 10.0. The van der Waals surface area contributed by atoms with E-state index in [1.54, 1.807) is 0 Å². The molecular formula is C26H42N2OS. The van der Waals surface area contributed by atoms with E-state index in [9.17, 15) is 4.79 Å². The Morgan fingerprint density at radius 3 is 2.33 bits per heavy atom. The molecule has 0 spiro atoms. The largest absolute Gasteiger partial charge is 0.338 e. The van der Waals surface area contributed by atoms with Crippen molar-refractivity contribution in [2.45, 2.75) is 102 Å². The van der Waals surface area contributed by atoms with Crippen LogP contribution in [0.25, 0.3) is 0 Å². The highest BCUT2D eigenvalue weighted by Gasteiger charge is 2.33. The molecule has 2 aliphatic carbocycles. The van der Waals surface area contributed by atoms with Gasteiger partial charge in [-0.1, -0.05) is 58.4 Å². The molecule has 4 rings (SSSR count). The second kappa shape index (κ2) is 11.6. The molecule has 168 valence electrons. The van der Waals surface area contributed by atoms with E-state index in [0.29, 0.717) is 6.04 Å². The molecule has 1 N–H and O–H groups in total. The van der Waals surface area contributed by atoms with Crippen LogP contribution < -0.4 is 5.32 Å². The molecule has 2 saturated carbocycles. The van der Waals surface area contributed by atoms with Crippen LogP contribution in [0.5, 0.6) is 0 Å². The maximum atomic E-state index is 12.6. The number of piperidine rings is 1. The second-order valence-corrected chi connectivity index (χ2v) is 10.5. The number of hydrogen-bond donors (Lipinski definition) is 2. The normalized spacial score (nSPS) is 24.8. The summed E-state index contributed by atoms with van der Waals surface area (Å²) in [5, 5.41) is 3.58. The van der Waals surface area contributed by atoms with Crippen molar-refractivity contribution in [3.8, 4) is 0 Å². The summed E-state index contributed by atoms with van der Waals surface area (Å²) in [6.07, 6.45) is 13.7. The molecule has 3 aliphatic rings. The molecule has 4 heteroatoms. The molecule has 0 bridgehead atoms. The minimum atomic E-state index is 0.185. The van der Waals surface area contributed by atoms with Crippen LogP contribution in [0.15, 0.2) is 23.1 Å². The standard InChI is InChI=1S/C17H23NOS.C9H19N/c1-12-6-7-14(10-16(12)20)17(19)18-9-8-13-4-2-3-5-15(13)11-18;1-8(2)10-9-6-4-3-5-7-9/h6-7,10,13,15,20H,2-5,8-9,11H2,1H3;8-10H,3-7H2,1-2H3. The molecule has 30 heavy (non-hydrogen) atoms. The minimum Gasteiger partial charge on any atom is -0.338 e. The Bertz CT molecular complexity index is 684. The smallest absolute Gasteiger partial charge is 0.253 e. The number of fused-ring (bicyclic) bond motifs is 1. The van der Waals surface area contributed by atoms with Gasteiger partial charge in [-0.2, -0.15) is 0 Å². The Morgan fingerprint density at radius 2 is 1.67 bits per heavy atom. The third kappa shape index (κ3) is 6.75. The third-order valence-electron chi connectivity index (χ3n) is 7.21. The van der Waals surface area contributed by atoms with Gasteiger partial charge in [0.15, 0.2) is 0 Å². The van der Waals surface area contributed by atoms with Crippen molar-refractivity contribution in [3.05, 3.63) is 29.3 Å². The first-order valence-electron chi connectivity index (χ1n) is 12.3. The number of nitrogens with zero attached hydrogens (tertiary/aromatic N) is 1.